The maximum Gasteiger partial charge on any atom is 0.573 e. The molecule has 3 rings (SSSR count). The molecule has 21 heavy (non-hydrogen) atoms. The summed E-state index contributed by atoms with van der Waals surface area (Å²) in [6.07, 6.45) is -4.02. The summed E-state index contributed by atoms with van der Waals surface area (Å²) in [5.41, 5.74) is -0.134. The fourth-order valence-electron chi connectivity index (χ4n) is 2.64. The number of nitro groups is 1. The van der Waals surface area contributed by atoms with Crippen LogP contribution in [0.2, 0.25) is 0 Å². The van der Waals surface area contributed by atoms with Crippen LogP contribution in [0.5, 0.6) is 5.75 Å². The monoisotopic (exact) mass is 303 g/mol. The number of hydrogen-bond donors (Lipinski definition) is 1. The summed E-state index contributed by atoms with van der Waals surface area (Å²) in [4.78, 5) is 12.1. The van der Waals surface area contributed by atoms with Gasteiger partial charge in [-0.25, -0.2) is 0 Å². The Morgan fingerprint density at radius 1 is 1.43 bits per heavy atom. The predicted octanol–water partition coefficient (Wildman–Crippen LogP) is 2.04. The van der Waals surface area contributed by atoms with Crippen LogP contribution in [0.4, 0.5) is 24.5 Å². The van der Waals surface area contributed by atoms with Crippen molar-refractivity contribution < 1.29 is 22.8 Å². The van der Waals surface area contributed by atoms with Crippen LogP contribution >= 0.6 is 0 Å². The van der Waals surface area contributed by atoms with Crippen molar-refractivity contribution in [3.63, 3.8) is 0 Å². The van der Waals surface area contributed by atoms with Crippen LogP contribution in [-0.4, -0.2) is 36.5 Å². The van der Waals surface area contributed by atoms with Crippen LogP contribution in [0.15, 0.2) is 18.2 Å². The normalized spacial score (nSPS) is 24.4. The first-order chi connectivity index (χ1) is 9.85. The number of ether oxygens (including phenoxy) is 1. The first-order valence-electron chi connectivity index (χ1n) is 6.39. The third-order valence-corrected chi connectivity index (χ3v) is 3.61. The van der Waals surface area contributed by atoms with E-state index < -0.39 is 22.7 Å². The van der Waals surface area contributed by atoms with Crippen molar-refractivity contribution in [1.29, 1.82) is 0 Å². The van der Waals surface area contributed by atoms with E-state index in [4.69, 9.17) is 0 Å². The lowest BCUT2D eigenvalue weighted by atomic mass is 10.2. The molecule has 1 N–H and O–H groups in total. The summed E-state index contributed by atoms with van der Waals surface area (Å²) in [6, 6.07) is 4.19. The van der Waals surface area contributed by atoms with E-state index in [0.717, 1.165) is 25.1 Å². The van der Waals surface area contributed by atoms with Crippen LogP contribution in [-0.2, 0) is 0 Å². The largest absolute Gasteiger partial charge is 0.573 e. The minimum absolute atomic E-state index is 0.257. The predicted molar refractivity (Wildman–Crippen MR) is 67.3 cm³/mol. The molecule has 1 saturated carbocycles. The van der Waals surface area contributed by atoms with E-state index in [-0.39, 0.29) is 6.04 Å². The Balaban J connectivity index is 1.90. The Morgan fingerprint density at radius 3 is 2.86 bits per heavy atom. The van der Waals surface area contributed by atoms with Gasteiger partial charge in [-0.05, 0) is 18.6 Å². The topological polar surface area (TPSA) is 67.6 Å². The maximum absolute atomic E-state index is 12.2. The molecule has 0 bridgehead atoms. The molecule has 1 aromatic rings. The van der Waals surface area contributed by atoms with Gasteiger partial charge in [0.15, 0.2) is 0 Å². The Morgan fingerprint density at radius 2 is 2.19 bits per heavy atom. The van der Waals surface area contributed by atoms with Crippen LogP contribution in [0.1, 0.15) is 6.42 Å². The molecule has 0 amide bonds. The number of halogens is 3. The second kappa shape index (κ2) is 4.76. The molecule has 0 spiro atoms. The van der Waals surface area contributed by atoms with E-state index in [0.29, 0.717) is 18.3 Å². The fourth-order valence-corrected chi connectivity index (χ4v) is 2.64. The lowest BCUT2D eigenvalue weighted by molar-refractivity contribution is -0.388. The number of rotatable bonds is 3. The molecule has 1 heterocycles. The summed E-state index contributed by atoms with van der Waals surface area (Å²) >= 11 is 0. The molecule has 9 heteroatoms. The van der Waals surface area contributed by atoms with Gasteiger partial charge >= 0.3 is 12.0 Å². The van der Waals surface area contributed by atoms with Gasteiger partial charge in [-0.1, -0.05) is 0 Å². The number of anilines is 1. The summed E-state index contributed by atoms with van der Waals surface area (Å²) in [5, 5.41) is 14.2. The van der Waals surface area contributed by atoms with Gasteiger partial charge in [0.05, 0.1) is 4.92 Å². The standard InChI is InChI=1S/C12H12F3N3O3/c13-12(14,15)21-11-2-1-7(5-10(11)18(19)20)17-4-3-16-8-6-9(8)17/h1-2,5,8-9,16H,3-4,6H2. The average Bonchev–Trinajstić information content (AvgIpc) is 3.16. The molecular weight excluding hydrogens is 291 g/mol. The Kier molecular flexibility index (Phi) is 3.16. The molecule has 0 radical (unpaired) electrons. The summed E-state index contributed by atoms with van der Waals surface area (Å²) < 4.78 is 40.4. The number of benzene rings is 1. The zero-order chi connectivity index (χ0) is 15.2. The Hall–Kier alpha value is -2.03. The quantitative estimate of drug-likeness (QED) is 0.683. The van der Waals surface area contributed by atoms with Crippen LogP contribution in [0.25, 0.3) is 0 Å². The average molecular weight is 303 g/mol. The number of nitrogens with zero attached hydrogens (tertiary/aromatic N) is 2. The summed E-state index contributed by atoms with van der Waals surface area (Å²) in [6.45, 7) is 1.41. The molecule has 2 atom stereocenters. The van der Waals surface area contributed by atoms with Crippen molar-refractivity contribution in [3.8, 4) is 5.75 Å². The first kappa shape index (κ1) is 13.9. The van der Waals surface area contributed by atoms with Crippen molar-refractivity contribution >= 4 is 11.4 Å². The van der Waals surface area contributed by atoms with Gasteiger partial charge in [-0.2, -0.15) is 0 Å². The van der Waals surface area contributed by atoms with Gasteiger partial charge in [0.1, 0.15) is 0 Å². The van der Waals surface area contributed by atoms with E-state index in [1.54, 1.807) is 0 Å². The van der Waals surface area contributed by atoms with E-state index in [1.807, 2.05) is 4.90 Å². The lowest BCUT2D eigenvalue weighted by Gasteiger charge is -2.29. The maximum atomic E-state index is 12.2. The summed E-state index contributed by atoms with van der Waals surface area (Å²) in [7, 11) is 0. The number of hydrogen-bond acceptors (Lipinski definition) is 5. The second-order valence-corrected chi connectivity index (χ2v) is 5.01. The molecule has 0 aromatic heterocycles. The van der Waals surface area contributed by atoms with Gasteiger partial charge in [0.25, 0.3) is 0 Å². The van der Waals surface area contributed by atoms with Gasteiger partial charge in [0.2, 0.25) is 5.75 Å². The molecule has 114 valence electrons. The molecule has 1 aliphatic carbocycles. The molecule has 2 aliphatic rings. The van der Waals surface area contributed by atoms with E-state index in [9.17, 15) is 23.3 Å². The van der Waals surface area contributed by atoms with Crippen LogP contribution < -0.4 is 15.0 Å². The SMILES string of the molecule is O=[N+]([O-])c1cc(N2CCNC3CC32)ccc1OC(F)(F)F. The van der Waals surface area contributed by atoms with Crippen molar-refractivity contribution in [2.75, 3.05) is 18.0 Å². The fraction of sp³-hybridized carbons (Fsp3) is 0.500. The second-order valence-electron chi connectivity index (χ2n) is 5.01. The zero-order valence-electron chi connectivity index (χ0n) is 10.8. The molecule has 1 aliphatic heterocycles. The molecule has 2 unspecified atom stereocenters. The molecular formula is C12H12F3N3O3. The van der Waals surface area contributed by atoms with E-state index in [2.05, 4.69) is 10.1 Å². The highest BCUT2D eigenvalue weighted by molar-refractivity contribution is 5.61. The van der Waals surface area contributed by atoms with Gasteiger partial charge in [0, 0.05) is 36.9 Å². The number of nitrogens with one attached hydrogen (secondary N) is 1. The Bertz CT molecular complexity index is 579. The Labute approximate surface area is 117 Å². The van der Waals surface area contributed by atoms with Crippen molar-refractivity contribution in [3.05, 3.63) is 28.3 Å². The first-order valence-corrected chi connectivity index (χ1v) is 6.39. The minimum atomic E-state index is -4.96. The lowest BCUT2D eigenvalue weighted by Crippen LogP contribution is -2.43. The van der Waals surface area contributed by atoms with Gasteiger partial charge < -0.3 is 15.0 Å². The number of fused-ring (bicyclic) bond motifs is 1. The molecule has 6 nitrogen and oxygen atoms in total. The highest BCUT2D eigenvalue weighted by Crippen LogP contribution is 2.39. The van der Waals surface area contributed by atoms with Crippen molar-refractivity contribution in [2.24, 2.45) is 0 Å². The van der Waals surface area contributed by atoms with E-state index in [1.165, 1.54) is 6.07 Å². The number of alkyl halides is 3. The smallest absolute Gasteiger partial charge is 0.398 e. The summed E-state index contributed by atoms with van der Waals surface area (Å²) in [5.74, 6) is -0.793. The van der Waals surface area contributed by atoms with Gasteiger partial charge in [-0.3, -0.25) is 10.1 Å². The minimum Gasteiger partial charge on any atom is -0.398 e. The molecule has 2 fully saturated rings. The zero-order valence-corrected chi connectivity index (χ0v) is 10.8. The van der Waals surface area contributed by atoms with Crippen molar-refractivity contribution in [1.82, 2.24) is 5.32 Å². The molecule has 1 saturated heterocycles. The highest BCUT2D eigenvalue weighted by Gasteiger charge is 2.44. The van der Waals surface area contributed by atoms with Crippen molar-refractivity contribution in [2.45, 2.75) is 24.9 Å². The third kappa shape index (κ3) is 2.87. The number of piperazine rings is 1. The van der Waals surface area contributed by atoms with E-state index >= 15 is 0 Å². The molecule has 1 aromatic carbocycles. The van der Waals surface area contributed by atoms with Gasteiger partial charge in [-0.15, -0.1) is 13.2 Å². The third-order valence-electron chi connectivity index (χ3n) is 3.61. The van der Waals surface area contributed by atoms with Crippen LogP contribution in [0, 0.1) is 10.1 Å². The van der Waals surface area contributed by atoms with Crippen LogP contribution in [0.3, 0.4) is 0 Å². The number of nitro benzene ring substituents is 1. The highest BCUT2D eigenvalue weighted by atomic mass is 19.4.